The number of para-hydroxylation sites is 1. The highest BCUT2D eigenvalue weighted by Gasteiger charge is 2.14. The van der Waals surface area contributed by atoms with Gasteiger partial charge in [-0.3, -0.25) is 0 Å². The fourth-order valence-corrected chi connectivity index (χ4v) is 6.90. The van der Waals surface area contributed by atoms with Crippen molar-refractivity contribution in [3.05, 3.63) is 182 Å². The van der Waals surface area contributed by atoms with E-state index in [1.54, 1.807) is 0 Å². The van der Waals surface area contributed by atoms with E-state index in [1.807, 2.05) is 25.1 Å². The molecule has 0 aliphatic heterocycles. The molecule has 50 heavy (non-hydrogen) atoms. The van der Waals surface area contributed by atoms with Crippen molar-refractivity contribution >= 4 is 21.9 Å². The highest BCUT2D eigenvalue weighted by atomic mass is 16.3. The monoisotopic (exact) mass is 640 g/mol. The maximum absolute atomic E-state index is 6.14. The van der Waals surface area contributed by atoms with Gasteiger partial charge in [0.2, 0.25) is 0 Å². The van der Waals surface area contributed by atoms with Gasteiger partial charge in [-0.2, -0.15) is 0 Å². The topological polar surface area (TPSA) is 38.9 Å². The minimum atomic E-state index is 0.712. The Morgan fingerprint density at radius 1 is 0.380 bits per heavy atom. The lowest BCUT2D eigenvalue weighted by atomic mass is 9.95. The molecule has 9 rings (SSSR count). The van der Waals surface area contributed by atoms with Crippen LogP contribution in [0.4, 0.5) is 0 Å². The zero-order chi connectivity index (χ0) is 33.4. The molecule has 0 saturated carbocycles. The molecule has 0 bridgehead atoms. The SMILES string of the molecule is Cc1cc(-c2cccc(-c3cccc(-c4cccc(-c5ccccc5)c4)c3)c2)nc(-c2ccc(-c3cccc4oc5ccccc5c34)cc2)n1. The van der Waals surface area contributed by atoms with Crippen molar-refractivity contribution < 1.29 is 4.42 Å². The third-order valence-electron chi connectivity index (χ3n) is 9.37. The summed E-state index contributed by atoms with van der Waals surface area (Å²) in [6.45, 7) is 2.03. The van der Waals surface area contributed by atoms with Gasteiger partial charge in [0.05, 0.1) is 5.69 Å². The highest BCUT2D eigenvalue weighted by molar-refractivity contribution is 6.12. The molecule has 9 aromatic rings. The number of hydrogen-bond donors (Lipinski definition) is 0. The first-order valence-electron chi connectivity index (χ1n) is 16.9. The minimum absolute atomic E-state index is 0.712. The summed E-state index contributed by atoms with van der Waals surface area (Å²) in [4.78, 5) is 9.91. The second-order valence-electron chi connectivity index (χ2n) is 12.7. The fraction of sp³-hybridized carbons (Fsp3) is 0.0213. The van der Waals surface area contributed by atoms with Crippen LogP contribution in [0.3, 0.4) is 0 Å². The number of rotatable bonds is 6. The molecule has 0 aliphatic carbocycles. The van der Waals surface area contributed by atoms with Crippen molar-refractivity contribution in [3.8, 4) is 67.2 Å². The average molecular weight is 641 g/mol. The first kappa shape index (κ1) is 29.6. The van der Waals surface area contributed by atoms with Gasteiger partial charge in [-0.15, -0.1) is 0 Å². The van der Waals surface area contributed by atoms with E-state index in [4.69, 9.17) is 14.4 Å². The molecule has 0 unspecified atom stereocenters. The first-order valence-corrected chi connectivity index (χ1v) is 16.9. The molecule has 236 valence electrons. The summed E-state index contributed by atoms with van der Waals surface area (Å²) >= 11 is 0. The van der Waals surface area contributed by atoms with Gasteiger partial charge in [-0.05, 0) is 87.8 Å². The van der Waals surface area contributed by atoms with Crippen LogP contribution in [0.25, 0.3) is 89.1 Å². The fourth-order valence-electron chi connectivity index (χ4n) is 6.90. The van der Waals surface area contributed by atoms with Crippen molar-refractivity contribution in [3.63, 3.8) is 0 Å². The van der Waals surface area contributed by atoms with E-state index in [0.29, 0.717) is 5.82 Å². The van der Waals surface area contributed by atoms with E-state index < -0.39 is 0 Å². The normalized spacial score (nSPS) is 11.3. The van der Waals surface area contributed by atoms with E-state index >= 15 is 0 Å². The first-order chi connectivity index (χ1) is 24.7. The van der Waals surface area contributed by atoms with Gasteiger partial charge in [-0.1, -0.05) is 140 Å². The standard InChI is InChI=1S/C47H32N2O/c1-31-27-43(49-47(48-31)34-25-23-33(24-26-34)41-20-10-22-45-46(41)42-19-5-6-21-44(42)50-45)40-18-9-17-39(30-40)38-16-8-15-37(29-38)36-14-7-13-35(28-36)32-11-3-2-4-12-32/h2-30H,1H3. The van der Waals surface area contributed by atoms with Gasteiger partial charge in [0, 0.05) is 27.6 Å². The molecule has 3 heteroatoms. The van der Waals surface area contributed by atoms with Crippen LogP contribution < -0.4 is 0 Å². The molecule has 0 amide bonds. The maximum atomic E-state index is 6.14. The number of aromatic nitrogens is 2. The molecule has 2 aromatic heterocycles. The Morgan fingerprint density at radius 2 is 0.900 bits per heavy atom. The van der Waals surface area contributed by atoms with Gasteiger partial charge in [0.1, 0.15) is 11.2 Å². The summed E-state index contributed by atoms with van der Waals surface area (Å²) in [6.07, 6.45) is 0. The van der Waals surface area contributed by atoms with Crippen LogP contribution in [-0.2, 0) is 0 Å². The third kappa shape index (κ3) is 5.55. The lowest BCUT2D eigenvalue weighted by Gasteiger charge is -2.11. The second kappa shape index (κ2) is 12.5. The van der Waals surface area contributed by atoms with Crippen LogP contribution in [0.15, 0.2) is 180 Å². The largest absolute Gasteiger partial charge is 0.456 e. The van der Waals surface area contributed by atoms with Crippen LogP contribution >= 0.6 is 0 Å². The number of nitrogens with zero attached hydrogens (tertiary/aromatic N) is 2. The zero-order valence-electron chi connectivity index (χ0n) is 27.5. The molecule has 7 aromatic carbocycles. The summed E-state index contributed by atoms with van der Waals surface area (Å²) in [7, 11) is 0. The predicted molar refractivity (Wildman–Crippen MR) is 207 cm³/mol. The van der Waals surface area contributed by atoms with Crippen molar-refractivity contribution in [1.82, 2.24) is 9.97 Å². The van der Waals surface area contributed by atoms with Crippen LogP contribution in [0.5, 0.6) is 0 Å². The Bertz CT molecular complexity index is 2650. The van der Waals surface area contributed by atoms with Crippen molar-refractivity contribution in [1.29, 1.82) is 0 Å². The van der Waals surface area contributed by atoms with Crippen LogP contribution in [0.1, 0.15) is 5.69 Å². The van der Waals surface area contributed by atoms with E-state index in [1.165, 1.54) is 22.3 Å². The van der Waals surface area contributed by atoms with Crippen molar-refractivity contribution in [2.75, 3.05) is 0 Å². The third-order valence-corrected chi connectivity index (χ3v) is 9.37. The molecule has 3 nitrogen and oxygen atoms in total. The van der Waals surface area contributed by atoms with Crippen LogP contribution in [-0.4, -0.2) is 9.97 Å². The Hall–Kier alpha value is -6.58. The molecule has 0 saturated heterocycles. The smallest absolute Gasteiger partial charge is 0.160 e. The van der Waals surface area contributed by atoms with E-state index in [0.717, 1.165) is 66.7 Å². The summed E-state index contributed by atoms with van der Waals surface area (Å²) in [6, 6.07) is 61.7. The summed E-state index contributed by atoms with van der Waals surface area (Å²) in [5, 5.41) is 2.26. The second-order valence-corrected chi connectivity index (χ2v) is 12.7. The average Bonchev–Trinajstić information content (AvgIpc) is 3.57. The molecule has 0 radical (unpaired) electrons. The summed E-state index contributed by atoms with van der Waals surface area (Å²) < 4.78 is 6.14. The molecule has 0 N–H and O–H groups in total. The zero-order valence-corrected chi connectivity index (χ0v) is 27.5. The number of furan rings is 1. The lowest BCUT2D eigenvalue weighted by molar-refractivity contribution is 0.669. The van der Waals surface area contributed by atoms with Gasteiger partial charge < -0.3 is 4.42 Å². The maximum Gasteiger partial charge on any atom is 0.160 e. The number of aryl methyl sites for hydroxylation is 1. The Labute approximate surface area is 291 Å². The number of benzene rings is 7. The summed E-state index contributed by atoms with van der Waals surface area (Å²) in [5.74, 6) is 0.712. The molecule has 0 spiro atoms. The Morgan fingerprint density at radius 3 is 1.60 bits per heavy atom. The molecule has 0 fully saturated rings. The van der Waals surface area contributed by atoms with Crippen molar-refractivity contribution in [2.45, 2.75) is 6.92 Å². The summed E-state index contributed by atoms with van der Waals surface area (Å²) in [5.41, 5.74) is 15.0. The van der Waals surface area contributed by atoms with E-state index in [2.05, 4.69) is 158 Å². The predicted octanol–water partition coefficient (Wildman–Crippen LogP) is 12.7. The number of fused-ring (bicyclic) bond motifs is 3. The molecule has 0 atom stereocenters. The molecule has 0 aliphatic rings. The van der Waals surface area contributed by atoms with Crippen molar-refractivity contribution in [2.24, 2.45) is 0 Å². The van der Waals surface area contributed by atoms with Gasteiger partial charge >= 0.3 is 0 Å². The van der Waals surface area contributed by atoms with E-state index in [9.17, 15) is 0 Å². The molecule has 2 heterocycles. The Balaban J connectivity index is 1.02. The van der Waals surface area contributed by atoms with Gasteiger partial charge in [-0.25, -0.2) is 9.97 Å². The quantitative estimate of drug-likeness (QED) is 0.182. The van der Waals surface area contributed by atoms with E-state index in [-0.39, 0.29) is 0 Å². The van der Waals surface area contributed by atoms with Crippen LogP contribution in [0, 0.1) is 6.92 Å². The Kier molecular flexibility index (Phi) is 7.37. The molecular weight excluding hydrogens is 609 g/mol. The minimum Gasteiger partial charge on any atom is -0.456 e. The molecular formula is C47H32N2O. The lowest BCUT2D eigenvalue weighted by Crippen LogP contribution is -1.95. The number of hydrogen-bond acceptors (Lipinski definition) is 3. The van der Waals surface area contributed by atoms with Gasteiger partial charge in [0.25, 0.3) is 0 Å². The van der Waals surface area contributed by atoms with Gasteiger partial charge in [0.15, 0.2) is 5.82 Å². The highest BCUT2D eigenvalue weighted by Crippen LogP contribution is 2.37. The van der Waals surface area contributed by atoms with Crippen LogP contribution in [0.2, 0.25) is 0 Å².